The van der Waals surface area contributed by atoms with Gasteiger partial charge in [0.25, 0.3) is 0 Å². The molecule has 0 fully saturated rings. The summed E-state index contributed by atoms with van der Waals surface area (Å²) in [6, 6.07) is 5.20. The molecule has 0 unspecified atom stereocenters. The van der Waals surface area contributed by atoms with Crippen LogP contribution in [0.2, 0.25) is 0 Å². The van der Waals surface area contributed by atoms with Gasteiger partial charge in [0.05, 0.1) is 13.2 Å². The number of aliphatic imine (C=N–C) groups is 1. The number of guanidine groups is 1. The lowest BCUT2D eigenvalue weighted by atomic mass is 10.1. The van der Waals surface area contributed by atoms with Gasteiger partial charge < -0.3 is 25.0 Å². The Balaban J connectivity index is 0.00000625. The lowest BCUT2D eigenvalue weighted by molar-refractivity contribution is 0.0698. The van der Waals surface area contributed by atoms with Crippen LogP contribution in [-0.4, -0.2) is 65.5 Å². The van der Waals surface area contributed by atoms with Crippen LogP contribution in [0, 0.1) is 5.82 Å². The topological polar surface area (TPSA) is 58.1 Å². The summed E-state index contributed by atoms with van der Waals surface area (Å²) in [5.41, 5.74) is 1.71. The van der Waals surface area contributed by atoms with Crippen LogP contribution in [0.4, 0.5) is 4.39 Å². The number of hydrogen-bond donors (Lipinski definition) is 2. The maximum atomic E-state index is 13.8. The Morgan fingerprint density at radius 2 is 1.96 bits per heavy atom. The molecule has 0 aliphatic heterocycles. The van der Waals surface area contributed by atoms with Gasteiger partial charge in [0.2, 0.25) is 0 Å². The monoisotopic (exact) mass is 482 g/mol. The Bertz CT molecular complexity index is 530. The smallest absolute Gasteiger partial charge is 0.191 e. The molecule has 0 spiro atoms. The molecule has 0 radical (unpaired) electrons. The van der Waals surface area contributed by atoms with E-state index >= 15 is 0 Å². The quantitative estimate of drug-likeness (QED) is 0.219. The third-order valence-electron chi connectivity index (χ3n) is 3.47. The highest BCUT2D eigenvalue weighted by atomic mass is 127. The van der Waals surface area contributed by atoms with E-state index in [9.17, 15) is 4.39 Å². The molecule has 1 aromatic rings. The largest absolute Gasteiger partial charge is 0.382 e. The van der Waals surface area contributed by atoms with Crippen LogP contribution in [0.3, 0.4) is 0 Å². The number of benzene rings is 1. The van der Waals surface area contributed by atoms with Crippen molar-refractivity contribution in [2.45, 2.75) is 19.5 Å². The summed E-state index contributed by atoms with van der Waals surface area (Å²) in [7, 11) is 7.24. The van der Waals surface area contributed by atoms with Gasteiger partial charge in [-0.2, -0.15) is 0 Å². The SMILES string of the molecule is CN=C(NCCCOCCOC)NCc1ccc(F)c(CN(C)C)c1.I. The summed E-state index contributed by atoms with van der Waals surface area (Å²) in [5.74, 6) is 0.545. The van der Waals surface area contributed by atoms with E-state index in [-0.39, 0.29) is 29.8 Å². The van der Waals surface area contributed by atoms with Crippen LogP contribution in [0.1, 0.15) is 17.5 Å². The molecule has 0 heterocycles. The Labute approximate surface area is 173 Å². The number of nitrogens with one attached hydrogen (secondary N) is 2. The zero-order valence-corrected chi connectivity index (χ0v) is 18.5. The van der Waals surface area contributed by atoms with Crippen LogP contribution < -0.4 is 10.6 Å². The van der Waals surface area contributed by atoms with Crippen LogP contribution in [-0.2, 0) is 22.6 Å². The molecule has 1 rings (SSSR count). The van der Waals surface area contributed by atoms with Gasteiger partial charge in [-0.15, -0.1) is 24.0 Å². The molecule has 0 aliphatic carbocycles. The van der Waals surface area contributed by atoms with Crippen molar-refractivity contribution >= 4 is 29.9 Å². The van der Waals surface area contributed by atoms with E-state index in [1.807, 2.05) is 25.1 Å². The molecule has 2 N–H and O–H groups in total. The summed E-state index contributed by atoms with van der Waals surface area (Å²) >= 11 is 0. The molecule has 0 bridgehead atoms. The maximum Gasteiger partial charge on any atom is 0.191 e. The van der Waals surface area contributed by atoms with Gasteiger partial charge in [-0.05, 0) is 38.2 Å². The molecule has 6 nitrogen and oxygen atoms in total. The van der Waals surface area contributed by atoms with Crippen molar-refractivity contribution in [3.05, 3.63) is 35.1 Å². The minimum atomic E-state index is -0.173. The summed E-state index contributed by atoms with van der Waals surface area (Å²) in [6.45, 7) is 3.84. The van der Waals surface area contributed by atoms with E-state index in [2.05, 4.69) is 15.6 Å². The molecule has 0 aliphatic rings. The zero-order valence-electron chi connectivity index (χ0n) is 16.2. The molecular weight excluding hydrogens is 450 g/mol. The minimum absolute atomic E-state index is 0. The number of halogens is 2. The number of ether oxygens (including phenoxy) is 2. The fraction of sp³-hybridized carbons (Fsp3) is 0.611. The van der Waals surface area contributed by atoms with E-state index in [1.54, 1.807) is 20.2 Å². The van der Waals surface area contributed by atoms with E-state index in [0.717, 1.165) is 24.5 Å². The van der Waals surface area contributed by atoms with E-state index < -0.39 is 0 Å². The van der Waals surface area contributed by atoms with Crippen LogP contribution >= 0.6 is 24.0 Å². The molecule has 0 saturated carbocycles. The van der Waals surface area contributed by atoms with Crippen LogP contribution in [0.25, 0.3) is 0 Å². The Morgan fingerprint density at radius 3 is 2.62 bits per heavy atom. The Hall–Kier alpha value is -0.970. The van der Waals surface area contributed by atoms with Crippen molar-refractivity contribution in [3.8, 4) is 0 Å². The Kier molecular flexibility index (Phi) is 14.6. The second-order valence-corrected chi connectivity index (χ2v) is 5.97. The van der Waals surface area contributed by atoms with Gasteiger partial charge in [-0.3, -0.25) is 4.99 Å². The van der Waals surface area contributed by atoms with Crippen molar-refractivity contribution in [1.29, 1.82) is 0 Å². The van der Waals surface area contributed by atoms with Gasteiger partial charge in [0.1, 0.15) is 5.82 Å². The first-order chi connectivity index (χ1) is 12.1. The van der Waals surface area contributed by atoms with Crippen molar-refractivity contribution < 1.29 is 13.9 Å². The van der Waals surface area contributed by atoms with Crippen molar-refractivity contribution in [2.24, 2.45) is 4.99 Å². The fourth-order valence-corrected chi connectivity index (χ4v) is 2.23. The molecule has 1 aromatic carbocycles. The second kappa shape index (κ2) is 15.1. The minimum Gasteiger partial charge on any atom is -0.382 e. The number of hydrogen-bond acceptors (Lipinski definition) is 4. The average Bonchev–Trinajstić information content (AvgIpc) is 2.59. The van der Waals surface area contributed by atoms with E-state index in [1.165, 1.54) is 6.07 Å². The summed E-state index contributed by atoms with van der Waals surface area (Å²) < 4.78 is 24.1. The van der Waals surface area contributed by atoms with Crippen LogP contribution in [0.15, 0.2) is 23.2 Å². The summed E-state index contributed by atoms with van der Waals surface area (Å²) in [4.78, 5) is 6.14. The third kappa shape index (κ3) is 10.9. The van der Waals surface area contributed by atoms with Crippen molar-refractivity contribution in [3.63, 3.8) is 0 Å². The first-order valence-electron chi connectivity index (χ1n) is 8.50. The van der Waals surface area contributed by atoms with E-state index in [0.29, 0.717) is 38.5 Å². The molecule has 0 amide bonds. The lowest BCUT2D eigenvalue weighted by Crippen LogP contribution is -2.37. The molecule has 0 aromatic heterocycles. The van der Waals surface area contributed by atoms with Gasteiger partial charge in [0, 0.05) is 46.0 Å². The molecule has 26 heavy (non-hydrogen) atoms. The molecule has 150 valence electrons. The predicted octanol–water partition coefficient (Wildman–Crippen LogP) is 2.22. The molecular formula is C18H32FIN4O2. The van der Waals surface area contributed by atoms with E-state index in [4.69, 9.17) is 9.47 Å². The molecule has 0 saturated heterocycles. The first-order valence-corrected chi connectivity index (χ1v) is 8.50. The number of rotatable bonds is 11. The van der Waals surface area contributed by atoms with Gasteiger partial charge in [-0.25, -0.2) is 4.39 Å². The van der Waals surface area contributed by atoms with Gasteiger partial charge in [-0.1, -0.05) is 6.07 Å². The highest BCUT2D eigenvalue weighted by Gasteiger charge is 2.06. The summed E-state index contributed by atoms with van der Waals surface area (Å²) in [6.07, 6.45) is 0.883. The maximum absolute atomic E-state index is 13.8. The predicted molar refractivity (Wildman–Crippen MR) is 115 cm³/mol. The summed E-state index contributed by atoms with van der Waals surface area (Å²) in [5, 5.41) is 6.47. The molecule has 0 atom stereocenters. The number of methoxy groups -OCH3 is 1. The zero-order chi connectivity index (χ0) is 18.5. The van der Waals surface area contributed by atoms with Crippen LogP contribution in [0.5, 0.6) is 0 Å². The lowest BCUT2D eigenvalue weighted by Gasteiger charge is -2.14. The number of nitrogens with zero attached hydrogens (tertiary/aromatic N) is 2. The highest BCUT2D eigenvalue weighted by Crippen LogP contribution is 2.12. The second-order valence-electron chi connectivity index (χ2n) is 5.97. The molecule has 8 heteroatoms. The van der Waals surface area contributed by atoms with Crippen molar-refractivity contribution in [1.82, 2.24) is 15.5 Å². The Morgan fingerprint density at radius 1 is 1.19 bits per heavy atom. The fourth-order valence-electron chi connectivity index (χ4n) is 2.23. The normalized spacial score (nSPS) is 11.4. The standard InChI is InChI=1S/C18H31FN4O2.HI/c1-20-18(21-8-5-9-25-11-10-24-4)22-13-15-6-7-17(19)16(12-15)14-23(2)3;/h6-7,12H,5,8-11,13-14H2,1-4H3,(H2,20,21,22);1H. The first kappa shape index (κ1) is 25.0. The van der Waals surface area contributed by atoms with Gasteiger partial charge in [0.15, 0.2) is 5.96 Å². The van der Waals surface area contributed by atoms with Gasteiger partial charge >= 0.3 is 0 Å². The third-order valence-corrected chi connectivity index (χ3v) is 3.47. The highest BCUT2D eigenvalue weighted by molar-refractivity contribution is 14.0. The van der Waals surface area contributed by atoms with Crippen molar-refractivity contribution in [2.75, 3.05) is 54.6 Å². The average molecular weight is 482 g/mol.